The summed E-state index contributed by atoms with van der Waals surface area (Å²) in [6, 6.07) is 11.5. The molecule has 1 aromatic carbocycles. The Kier molecular flexibility index (Phi) is 4.22. The van der Waals surface area contributed by atoms with Crippen LogP contribution in [0.3, 0.4) is 0 Å². The number of nitrogens with zero attached hydrogens (tertiary/aromatic N) is 3. The topological polar surface area (TPSA) is 102 Å². The summed E-state index contributed by atoms with van der Waals surface area (Å²) in [5.41, 5.74) is 1.81. The SMILES string of the molecule is Cc1c(C=Nc2nc(-c3ccccc3)cs2)c(O)[nH]c(=O)c1C#N. The number of aromatic amines is 1. The summed E-state index contributed by atoms with van der Waals surface area (Å²) >= 11 is 1.36. The molecule has 3 rings (SSSR count). The highest BCUT2D eigenvalue weighted by Crippen LogP contribution is 2.27. The maximum atomic E-state index is 11.6. The normalized spacial score (nSPS) is 10.8. The molecule has 24 heavy (non-hydrogen) atoms. The molecule has 0 aliphatic heterocycles. The van der Waals surface area contributed by atoms with E-state index in [0.29, 0.717) is 16.3 Å². The molecule has 3 aromatic rings. The number of thiazole rings is 1. The summed E-state index contributed by atoms with van der Waals surface area (Å²) in [5.74, 6) is -0.319. The van der Waals surface area contributed by atoms with E-state index in [0.717, 1.165) is 11.3 Å². The van der Waals surface area contributed by atoms with E-state index in [1.807, 2.05) is 41.8 Å². The third-order valence-corrected chi connectivity index (χ3v) is 4.22. The number of nitrogens with one attached hydrogen (secondary N) is 1. The van der Waals surface area contributed by atoms with E-state index in [-0.39, 0.29) is 11.4 Å². The summed E-state index contributed by atoms with van der Waals surface area (Å²) in [4.78, 5) is 22.5. The minimum Gasteiger partial charge on any atom is -0.494 e. The minimum absolute atomic E-state index is 0.0432. The maximum absolute atomic E-state index is 11.6. The number of hydrogen-bond donors (Lipinski definition) is 2. The van der Waals surface area contributed by atoms with Gasteiger partial charge in [-0.2, -0.15) is 5.26 Å². The first-order valence-electron chi connectivity index (χ1n) is 7.01. The zero-order valence-corrected chi connectivity index (χ0v) is 13.5. The number of aromatic hydroxyl groups is 1. The van der Waals surface area contributed by atoms with Crippen molar-refractivity contribution in [2.24, 2.45) is 4.99 Å². The van der Waals surface area contributed by atoms with Gasteiger partial charge in [0.05, 0.1) is 11.3 Å². The molecule has 0 radical (unpaired) electrons. The van der Waals surface area contributed by atoms with Gasteiger partial charge in [-0.05, 0) is 12.5 Å². The highest BCUT2D eigenvalue weighted by Gasteiger charge is 2.12. The first kappa shape index (κ1) is 15.6. The summed E-state index contributed by atoms with van der Waals surface area (Å²) < 4.78 is 0. The molecule has 0 saturated carbocycles. The molecule has 7 heteroatoms. The largest absolute Gasteiger partial charge is 0.494 e. The molecule has 118 valence electrons. The van der Waals surface area contributed by atoms with E-state index >= 15 is 0 Å². The Balaban J connectivity index is 1.94. The molecule has 6 nitrogen and oxygen atoms in total. The fourth-order valence-electron chi connectivity index (χ4n) is 2.20. The van der Waals surface area contributed by atoms with Crippen LogP contribution in [-0.4, -0.2) is 21.3 Å². The summed E-state index contributed by atoms with van der Waals surface area (Å²) in [7, 11) is 0. The van der Waals surface area contributed by atoms with Crippen molar-refractivity contribution in [2.45, 2.75) is 6.92 Å². The van der Waals surface area contributed by atoms with Crippen molar-refractivity contribution >= 4 is 22.7 Å². The quantitative estimate of drug-likeness (QED) is 0.717. The van der Waals surface area contributed by atoms with Crippen LogP contribution in [0.5, 0.6) is 5.88 Å². The van der Waals surface area contributed by atoms with Gasteiger partial charge < -0.3 is 5.11 Å². The third kappa shape index (κ3) is 2.95. The molecule has 0 fully saturated rings. The van der Waals surface area contributed by atoms with Crippen LogP contribution in [0.25, 0.3) is 11.3 Å². The monoisotopic (exact) mass is 336 g/mol. The molecular weight excluding hydrogens is 324 g/mol. The average molecular weight is 336 g/mol. The predicted octanol–water partition coefficient (Wildman–Crippen LogP) is 3.13. The Morgan fingerprint density at radius 1 is 1.38 bits per heavy atom. The Bertz CT molecular complexity index is 1010. The molecule has 2 aromatic heterocycles. The first-order valence-corrected chi connectivity index (χ1v) is 7.89. The molecule has 0 aliphatic carbocycles. The standard InChI is InChI=1S/C17H12N4O2S/c1-10-12(7-18)15(22)21-16(23)13(10)8-19-17-20-14(9-24-17)11-5-3-2-4-6-11/h2-6,8-9H,1H3,(H2,21,22,23). The van der Waals surface area contributed by atoms with Crippen molar-refractivity contribution in [3.05, 3.63) is 62.8 Å². The van der Waals surface area contributed by atoms with E-state index < -0.39 is 5.56 Å². The highest BCUT2D eigenvalue weighted by atomic mass is 32.1. The molecule has 0 bridgehead atoms. The summed E-state index contributed by atoms with van der Waals surface area (Å²) in [6.45, 7) is 1.59. The van der Waals surface area contributed by atoms with E-state index in [4.69, 9.17) is 5.26 Å². The number of H-pyrrole nitrogens is 1. The van der Waals surface area contributed by atoms with Crippen molar-refractivity contribution in [3.63, 3.8) is 0 Å². The lowest BCUT2D eigenvalue weighted by atomic mass is 10.1. The zero-order chi connectivity index (χ0) is 17.1. The van der Waals surface area contributed by atoms with Gasteiger partial charge in [0, 0.05) is 17.2 Å². The molecule has 0 saturated heterocycles. The number of aromatic nitrogens is 2. The van der Waals surface area contributed by atoms with Crippen LogP contribution in [0.15, 0.2) is 45.5 Å². The van der Waals surface area contributed by atoms with Gasteiger partial charge in [-0.15, -0.1) is 11.3 Å². The van der Waals surface area contributed by atoms with Crippen molar-refractivity contribution in [1.29, 1.82) is 5.26 Å². The number of benzene rings is 1. The van der Waals surface area contributed by atoms with E-state index in [1.54, 1.807) is 6.92 Å². The zero-order valence-electron chi connectivity index (χ0n) is 12.6. The lowest BCUT2D eigenvalue weighted by molar-refractivity contribution is 0.450. The van der Waals surface area contributed by atoms with Crippen molar-refractivity contribution in [1.82, 2.24) is 9.97 Å². The second-order valence-electron chi connectivity index (χ2n) is 4.97. The van der Waals surface area contributed by atoms with Gasteiger partial charge in [-0.25, -0.2) is 9.98 Å². The minimum atomic E-state index is -0.620. The highest BCUT2D eigenvalue weighted by molar-refractivity contribution is 7.13. The van der Waals surface area contributed by atoms with E-state index in [9.17, 15) is 9.90 Å². The molecule has 0 aliphatic rings. The Labute approximate surface area is 141 Å². The van der Waals surface area contributed by atoms with Gasteiger partial charge in [-0.3, -0.25) is 9.78 Å². The van der Waals surface area contributed by atoms with Crippen LogP contribution >= 0.6 is 11.3 Å². The van der Waals surface area contributed by atoms with Gasteiger partial charge in [0.25, 0.3) is 5.56 Å². The second-order valence-corrected chi connectivity index (χ2v) is 5.80. The molecule has 0 atom stereocenters. The van der Waals surface area contributed by atoms with Crippen LogP contribution in [0.4, 0.5) is 5.13 Å². The van der Waals surface area contributed by atoms with Gasteiger partial charge in [0.1, 0.15) is 11.6 Å². The molecule has 2 N–H and O–H groups in total. The van der Waals surface area contributed by atoms with Gasteiger partial charge >= 0.3 is 0 Å². The molecule has 0 spiro atoms. The molecule has 0 amide bonds. The summed E-state index contributed by atoms with van der Waals surface area (Å²) in [6.07, 6.45) is 1.40. The number of nitriles is 1. The van der Waals surface area contributed by atoms with Crippen molar-refractivity contribution in [2.75, 3.05) is 0 Å². The van der Waals surface area contributed by atoms with Crippen molar-refractivity contribution < 1.29 is 5.11 Å². The lowest BCUT2D eigenvalue weighted by Crippen LogP contribution is -2.14. The van der Waals surface area contributed by atoms with Crippen LogP contribution in [0, 0.1) is 18.3 Å². The number of hydrogen-bond acceptors (Lipinski definition) is 6. The Morgan fingerprint density at radius 3 is 2.83 bits per heavy atom. The lowest BCUT2D eigenvalue weighted by Gasteiger charge is -2.03. The second kappa shape index (κ2) is 6.48. The fourth-order valence-corrected chi connectivity index (χ4v) is 2.87. The van der Waals surface area contributed by atoms with E-state index in [1.165, 1.54) is 17.6 Å². The van der Waals surface area contributed by atoms with Gasteiger partial charge in [-0.1, -0.05) is 30.3 Å². The summed E-state index contributed by atoms with van der Waals surface area (Å²) in [5, 5.41) is 21.3. The Morgan fingerprint density at radius 2 is 2.12 bits per heavy atom. The maximum Gasteiger partial charge on any atom is 0.268 e. The fraction of sp³-hybridized carbons (Fsp3) is 0.0588. The van der Waals surface area contributed by atoms with Crippen LogP contribution in [0.1, 0.15) is 16.7 Å². The predicted molar refractivity (Wildman–Crippen MR) is 93.0 cm³/mol. The van der Waals surface area contributed by atoms with Crippen molar-refractivity contribution in [3.8, 4) is 23.2 Å². The van der Waals surface area contributed by atoms with Crippen LogP contribution < -0.4 is 5.56 Å². The van der Waals surface area contributed by atoms with E-state index in [2.05, 4.69) is 15.0 Å². The molecule has 0 unspecified atom stereocenters. The molecular formula is C17H12N4O2S. The smallest absolute Gasteiger partial charge is 0.268 e. The van der Waals surface area contributed by atoms with Crippen LogP contribution in [0.2, 0.25) is 0 Å². The first-order chi connectivity index (χ1) is 11.6. The average Bonchev–Trinajstić information content (AvgIpc) is 3.04. The number of rotatable bonds is 3. The molecule has 2 heterocycles. The van der Waals surface area contributed by atoms with Crippen LogP contribution in [-0.2, 0) is 0 Å². The third-order valence-electron chi connectivity index (χ3n) is 3.47. The number of pyridine rings is 1. The number of aliphatic imine (C=N–C) groups is 1. The Hall–Kier alpha value is -3.24. The van der Waals surface area contributed by atoms with Gasteiger partial charge in [0.15, 0.2) is 0 Å². The van der Waals surface area contributed by atoms with Gasteiger partial charge in [0.2, 0.25) is 11.0 Å².